The number of amides is 1. The number of halogens is 1. The van der Waals surface area contributed by atoms with Crippen molar-refractivity contribution < 1.29 is 22.4 Å². The van der Waals surface area contributed by atoms with Gasteiger partial charge in [-0.15, -0.1) is 10.2 Å². The molecular formula is C21H19FN4O4S2. The molecular weight excluding hydrogens is 455 g/mol. The molecule has 32 heavy (non-hydrogen) atoms. The number of hydrogen-bond acceptors (Lipinski definition) is 7. The van der Waals surface area contributed by atoms with Crippen molar-refractivity contribution in [3.63, 3.8) is 0 Å². The molecule has 1 amide bonds. The molecule has 166 valence electrons. The number of anilines is 1. The topological polar surface area (TPSA) is 109 Å². The van der Waals surface area contributed by atoms with Crippen LogP contribution in [0.15, 0.2) is 53.4 Å². The van der Waals surface area contributed by atoms with Crippen LogP contribution in [0.1, 0.15) is 51.0 Å². The Morgan fingerprint density at radius 2 is 1.78 bits per heavy atom. The molecule has 4 rings (SSSR count). The number of sulfonamides is 1. The SMILES string of the molecule is CC(=O)c1ccc(S(=O)(=O)N2CCC[C@@H]2c2nnc(C(=O)Nc3ccc(F)cc3)s2)cc1. The van der Waals surface area contributed by atoms with Gasteiger partial charge in [0.2, 0.25) is 15.0 Å². The van der Waals surface area contributed by atoms with E-state index in [0.717, 1.165) is 11.3 Å². The van der Waals surface area contributed by atoms with Crippen LogP contribution in [0.2, 0.25) is 0 Å². The van der Waals surface area contributed by atoms with Gasteiger partial charge in [0.15, 0.2) is 5.78 Å². The van der Waals surface area contributed by atoms with Crippen LogP contribution in [0.25, 0.3) is 0 Å². The van der Waals surface area contributed by atoms with E-state index in [0.29, 0.717) is 35.6 Å². The Morgan fingerprint density at radius 3 is 2.44 bits per heavy atom. The van der Waals surface area contributed by atoms with Gasteiger partial charge in [-0.05, 0) is 56.2 Å². The lowest BCUT2D eigenvalue weighted by atomic mass is 10.2. The van der Waals surface area contributed by atoms with Crippen LogP contribution >= 0.6 is 11.3 Å². The summed E-state index contributed by atoms with van der Waals surface area (Å²) in [6.07, 6.45) is 1.20. The van der Waals surface area contributed by atoms with Crippen molar-refractivity contribution in [2.75, 3.05) is 11.9 Å². The standard InChI is InChI=1S/C21H19FN4O4S2/c1-13(27)14-4-10-17(11-5-14)32(29,30)26-12-2-3-18(26)20-24-25-21(31-20)19(28)23-16-8-6-15(22)7-9-16/h4-11,18H,2-3,12H2,1H3,(H,23,28)/t18-/m1/s1. The zero-order valence-corrected chi connectivity index (χ0v) is 18.6. The summed E-state index contributed by atoms with van der Waals surface area (Å²) in [5.74, 6) is -1.07. The highest BCUT2D eigenvalue weighted by atomic mass is 32.2. The van der Waals surface area contributed by atoms with Crippen LogP contribution in [-0.2, 0) is 10.0 Å². The highest BCUT2D eigenvalue weighted by molar-refractivity contribution is 7.89. The molecule has 1 fully saturated rings. The third kappa shape index (κ3) is 4.45. The maximum absolute atomic E-state index is 13.2. The van der Waals surface area contributed by atoms with Crippen LogP contribution in [0, 0.1) is 5.82 Å². The number of nitrogens with one attached hydrogen (secondary N) is 1. The normalized spacial score (nSPS) is 16.8. The number of ketones is 1. The summed E-state index contributed by atoms with van der Waals surface area (Å²) in [5, 5.41) is 11.1. The number of benzene rings is 2. The van der Waals surface area contributed by atoms with E-state index in [2.05, 4.69) is 15.5 Å². The molecule has 1 saturated heterocycles. The predicted molar refractivity (Wildman–Crippen MR) is 117 cm³/mol. The van der Waals surface area contributed by atoms with Crippen molar-refractivity contribution in [1.82, 2.24) is 14.5 Å². The van der Waals surface area contributed by atoms with E-state index in [4.69, 9.17) is 0 Å². The number of aromatic nitrogens is 2. The van der Waals surface area contributed by atoms with Gasteiger partial charge in [-0.2, -0.15) is 4.31 Å². The third-order valence-electron chi connectivity index (χ3n) is 5.09. The van der Waals surface area contributed by atoms with Crippen molar-refractivity contribution in [3.8, 4) is 0 Å². The molecule has 0 radical (unpaired) electrons. The molecule has 1 aliphatic heterocycles. The summed E-state index contributed by atoms with van der Waals surface area (Å²) in [6, 6.07) is 10.6. The number of hydrogen-bond donors (Lipinski definition) is 1. The highest BCUT2D eigenvalue weighted by Gasteiger charge is 2.38. The van der Waals surface area contributed by atoms with Crippen molar-refractivity contribution in [2.24, 2.45) is 0 Å². The Kier molecular flexibility index (Phi) is 6.13. The van der Waals surface area contributed by atoms with Gasteiger partial charge in [-0.3, -0.25) is 9.59 Å². The maximum atomic E-state index is 13.2. The van der Waals surface area contributed by atoms with E-state index in [9.17, 15) is 22.4 Å². The van der Waals surface area contributed by atoms with Gasteiger partial charge in [0.05, 0.1) is 10.9 Å². The van der Waals surface area contributed by atoms with Crippen LogP contribution in [0.3, 0.4) is 0 Å². The van der Waals surface area contributed by atoms with E-state index < -0.39 is 27.8 Å². The molecule has 1 atom stereocenters. The average Bonchev–Trinajstić information content (AvgIpc) is 3.45. The zero-order valence-electron chi connectivity index (χ0n) is 17.0. The van der Waals surface area contributed by atoms with Gasteiger partial charge in [-0.1, -0.05) is 23.5 Å². The van der Waals surface area contributed by atoms with Gasteiger partial charge in [-0.25, -0.2) is 12.8 Å². The first-order valence-electron chi connectivity index (χ1n) is 9.79. The Bertz CT molecular complexity index is 1260. The Morgan fingerprint density at radius 1 is 1.09 bits per heavy atom. The number of Topliss-reactive ketones (excluding diaryl/α,β-unsaturated/α-hetero) is 1. The molecule has 8 nitrogen and oxygen atoms in total. The molecule has 0 saturated carbocycles. The van der Waals surface area contributed by atoms with E-state index >= 15 is 0 Å². The summed E-state index contributed by atoms with van der Waals surface area (Å²) in [7, 11) is -3.82. The number of rotatable bonds is 6. The molecule has 1 N–H and O–H groups in total. The minimum Gasteiger partial charge on any atom is -0.320 e. The largest absolute Gasteiger partial charge is 0.320 e. The molecule has 1 aliphatic rings. The number of carbonyl (C=O) groups is 2. The summed E-state index contributed by atoms with van der Waals surface area (Å²) in [5.41, 5.74) is 0.843. The fraction of sp³-hybridized carbons (Fsp3) is 0.238. The second kappa shape index (κ2) is 8.85. The Balaban J connectivity index is 1.53. The molecule has 0 unspecified atom stereocenters. The van der Waals surface area contributed by atoms with E-state index in [1.54, 1.807) is 0 Å². The summed E-state index contributed by atoms with van der Waals surface area (Å²) < 4.78 is 40.8. The minimum atomic E-state index is -3.82. The lowest BCUT2D eigenvalue weighted by molar-refractivity contribution is 0.101. The quantitative estimate of drug-likeness (QED) is 0.546. The fourth-order valence-corrected chi connectivity index (χ4v) is 6.06. The van der Waals surface area contributed by atoms with Crippen LogP contribution in [0.4, 0.5) is 10.1 Å². The smallest absolute Gasteiger partial charge is 0.286 e. The molecule has 0 bridgehead atoms. The molecule has 3 aromatic rings. The van der Waals surface area contributed by atoms with Gasteiger partial charge in [0, 0.05) is 17.8 Å². The van der Waals surface area contributed by atoms with E-state index in [1.165, 1.54) is 59.8 Å². The second-order valence-electron chi connectivity index (χ2n) is 7.26. The molecule has 1 aromatic heterocycles. The van der Waals surface area contributed by atoms with Crippen molar-refractivity contribution in [1.29, 1.82) is 0 Å². The number of carbonyl (C=O) groups excluding carboxylic acids is 2. The molecule has 2 aromatic carbocycles. The van der Waals surface area contributed by atoms with E-state index in [-0.39, 0.29) is 15.7 Å². The summed E-state index contributed by atoms with van der Waals surface area (Å²) >= 11 is 1.02. The zero-order chi connectivity index (χ0) is 22.9. The third-order valence-corrected chi connectivity index (χ3v) is 8.04. The Labute approximate surface area is 188 Å². The first-order valence-corrected chi connectivity index (χ1v) is 12.0. The van der Waals surface area contributed by atoms with Crippen LogP contribution in [-0.4, -0.2) is 41.2 Å². The number of nitrogens with zero attached hydrogens (tertiary/aromatic N) is 3. The average molecular weight is 475 g/mol. The lowest BCUT2D eigenvalue weighted by Crippen LogP contribution is -2.30. The predicted octanol–water partition coefficient (Wildman–Crippen LogP) is 3.66. The fourth-order valence-electron chi connectivity index (χ4n) is 3.45. The Hall–Kier alpha value is -3.02. The van der Waals surface area contributed by atoms with Gasteiger partial charge >= 0.3 is 0 Å². The van der Waals surface area contributed by atoms with Crippen LogP contribution < -0.4 is 5.32 Å². The lowest BCUT2D eigenvalue weighted by Gasteiger charge is -2.22. The maximum Gasteiger partial charge on any atom is 0.286 e. The molecule has 0 spiro atoms. The van der Waals surface area contributed by atoms with Gasteiger partial charge in [0.1, 0.15) is 10.8 Å². The first-order chi connectivity index (χ1) is 15.3. The molecule has 2 heterocycles. The monoisotopic (exact) mass is 474 g/mol. The van der Waals surface area contributed by atoms with Crippen LogP contribution in [0.5, 0.6) is 0 Å². The molecule has 11 heteroatoms. The summed E-state index contributed by atoms with van der Waals surface area (Å²) in [4.78, 5) is 24.0. The summed E-state index contributed by atoms with van der Waals surface area (Å²) in [6.45, 7) is 1.73. The van der Waals surface area contributed by atoms with Gasteiger partial charge < -0.3 is 5.32 Å². The van der Waals surface area contributed by atoms with E-state index in [1.807, 2.05) is 0 Å². The van der Waals surface area contributed by atoms with Crippen molar-refractivity contribution >= 4 is 38.7 Å². The van der Waals surface area contributed by atoms with Gasteiger partial charge in [0.25, 0.3) is 5.91 Å². The van der Waals surface area contributed by atoms with Crippen molar-refractivity contribution in [3.05, 3.63) is 69.9 Å². The second-order valence-corrected chi connectivity index (χ2v) is 10.2. The highest BCUT2D eigenvalue weighted by Crippen LogP contribution is 2.37. The first kappa shape index (κ1) is 22.2. The van der Waals surface area contributed by atoms with Crippen molar-refractivity contribution in [2.45, 2.75) is 30.7 Å². The molecule has 0 aliphatic carbocycles. The minimum absolute atomic E-state index is 0.0828.